The fourth-order valence-electron chi connectivity index (χ4n) is 2.28. The van der Waals surface area contributed by atoms with Crippen molar-refractivity contribution in [3.05, 3.63) is 63.7 Å². The van der Waals surface area contributed by atoms with Crippen LogP contribution in [0.2, 0.25) is 0 Å². The van der Waals surface area contributed by atoms with E-state index < -0.39 is 17.1 Å². The number of hydrogen-bond donors (Lipinski definition) is 2. The zero-order valence-electron chi connectivity index (χ0n) is 14.0. The molecule has 1 fully saturated rings. The molecule has 1 aliphatic rings. The van der Waals surface area contributed by atoms with Gasteiger partial charge < -0.3 is 20.2 Å². The van der Waals surface area contributed by atoms with E-state index in [9.17, 15) is 19.6 Å². The van der Waals surface area contributed by atoms with Gasteiger partial charge in [-0.3, -0.25) is 14.9 Å². The quantitative estimate of drug-likeness (QED) is 0.456. The molecule has 2 aromatic rings. The highest BCUT2D eigenvalue weighted by Gasteiger charge is 2.25. The first-order valence-corrected chi connectivity index (χ1v) is 8.45. The van der Waals surface area contributed by atoms with Crippen molar-refractivity contribution in [2.45, 2.75) is 0 Å². The summed E-state index contributed by atoms with van der Waals surface area (Å²) in [7, 11) is 1.29. The van der Waals surface area contributed by atoms with Gasteiger partial charge in [0.1, 0.15) is 11.5 Å². The summed E-state index contributed by atoms with van der Waals surface area (Å²) < 4.78 is 10.3. The van der Waals surface area contributed by atoms with Gasteiger partial charge in [-0.2, -0.15) is 0 Å². The van der Waals surface area contributed by atoms with E-state index in [1.165, 1.54) is 31.4 Å². The van der Waals surface area contributed by atoms with Crippen LogP contribution in [-0.2, 0) is 9.53 Å². The molecule has 0 aliphatic carbocycles. The summed E-state index contributed by atoms with van der Waals surface area (Å²) >= 11 is 0.788. The van der Waals surface area contributed by atoms with Crippen molar-refractivity contribution in [3.8, 4) is 11.5 Å². The van der Waals surface area contributed by atoms with Crippen LogP contribution in [0.4, 0.5) is 10.5 Å². The van der Waals surface area contributed by atoms with Crippen molar-refractivity contribution in [1.29, 1.82) is 0 Å². The molecule has 9 heteroatoms. The third kappa shape index (κ3) is 4.27. The zero-order chi connectivity index (χ0) is 19.4. The van der Waals surface area contributed by atoms with Gasteiger partial charge in [0.15, 0.2) is 0 Å². The highest BCUT2D eigenvalue weighted by atomic mass is 32.2. The molecule has 2 aromatic carbocycles. The Morgan fingerprint density at radius 2 is 1.93 bits per heavy atom. The lowest BCUT2D eigenvalue weighted by molar-refractivity contribution is -0.115. The molecule has 1 aliphatic heterocycles. The number of nitrogens with one attached hydrogen (secondary N) is 2. The van der Waals surface area contributed by atoms with Crippen LogP contribution < -0.4 is 15.5 Å². The molecule has 2 amide bonds. The number of carbonyl (C=O) groups is 3. The van der Waals surface area contributed by atoms with Crippen LogP contribution in [0.1, 0.15) is 15.9 Å². The number of imide groups is 1. The minimum absolute atomic E-state index is 0.149. The number of hydrogen-bond acceptors (Lipinski definition) is 8. The van der Waals surface area contributed by atoms with E-state index in [1.54, 1.807) is 29.7 Å². The average molecular weight is 385 g/mol. The molecule has 1 saturated heterocycles. The SMILES string of the molecule is COC(=O)c1ccc(Oc2ccc(/C=C3\SC(=O)NC3=O)cc2N[O-])cc1. The van der Waals surface area contributed by atoms with Crippen LogP contribution in [0.25, 0.3) is 6.08 Å². The second kappa shape index (κ2) is 7.94. The highest BCUT2D eigenvalue weighted by molar-refractivity contribution is 8.18. The van der Waals surface area contributed by atoms with E-state index in [2.05, 4.69) is 10.1 Å². The molecule has 3 rings (SSSR count). The fourth-order valence-corrected chi connectivity index (χ4v) is 2.96. The number of thioether (sulfide) groups is 1. The number of esters is 1. The van der Waals surface area contributed by atoms with Gasteiger partial charge in [0.2, 0.25) is 0 Å². The summed E-state index contributed by atoms with van der Waals surface area (Å²) in [6.45, 7) is 0. The maximum Gasteiger partial charge on any atom is 0.337 e. The predicted molar refractivity (Wildman–Crippen MR) is 100 cm³/mol. The first-order valence-electron chi connectivity index (χ1n) is 7.63. The van der Waals surface area contributed by atoms with Crippen molar-refractivity contribution in [2.24, 2.45) is 0 Å². The van der Waals surface area contributed by atoms with E-state index in [0.717, 1.165) is 11.8 Å². The largest absolute Gasteiger partial charge is 0.761 e. The van der Waals surface area contributed by atoms with Gasteiger partial charge in [-0.05, 0) is 59.8 Å². The molecule has 0 bridgehead atoms. The Labute approximate surface area is 158 Å². The normalized spacial score (nSPS) is 14.8. The van der Waals surface area contributed by atoms with E-state index in [1.807, 2.05) is 0 Å². The maximum atomic E-state index is 11.6. The molecule has 0 aromatic heterocycles. The Morgan fingerprint density at radius 3 is 2.52 bits per heavy atom. The number of ether oxygens (including phenoxy) is 2. The van der Waals surface area contributed by atoms with Crippen molar-refractivity contribution >= 4 is 40.6 Å². The smallest absolute Gasteiger partial charge is 0.337 e. The van der Waals surface area contributed by atoms with Crippen LogP contribution in [0.3, 0.4) is 0 Å². The average Bonchev–Trinajstić information content (AvgIpc) is 2.99. The number of rotatable bonds is 5. The second-order valence-corrected chi connectivity index (χ2v) is 6.34. The molecule has 8 nitrogen and oxygen atoms in total. The van der Waals surface area contributed by atoms with Gasteiger partial charge in [0, 0.05) is 0 Å². The number of benzene rings is 2. The first-order chi connectivity index (χ1) is 13.0. The number of methoxy groups -OCH3 is 1. The minimum Gasteiger partial charge on any atom is -0.761 e. The van der Waals surface area contributed by atoms with Crippen molar-refractivity contribution in [1.82, 2.24) is 5.32 Å². The third-order valence-electron chi connectivity index (χ3n) is 3.56. The molecule has 0 unspecified atom stereocenters. The molecule has 1 heterocycles. The van der Waals surface area contributed by atoms with Gasteiger partial charge in [0.05, 0.1) is 23.3 Å². The molecular weight excluding hydrogens is 372 g/mol. The van der Waals surface area contributed by atoms with Crippen LogP contribution >= 0.6 is 11.8 Å². The summed E-state index contributed by atoms with van der Waals surface area (Å²) in [4.78, 5) is 34.5. The summed E-state index contributed by atoms with van der Waals surface area (Å²) in [6, 6.07) is 10.9. The molecule has 0 saturated carbocycles. The van der Waals surface area contributed by atoms with Gasteiger partial charge in [-0.1, -0.05) is 6.07 Å². The van der Waals surface area contributed by atoms with Gasteiger partial charge >= 0.3 is 5.97 Å². The Kier molecular flexibility index (Phi) is 5.43. The van der Waals surface area contributed by atoms with Crippen LogP contribution in [-0.4, -0.2) is 24.2 Å². The number of carbonyl (C=O) groups excluding carboxylic acids is 3. The Hall–Kier alpha value is -3.30. The third-order valence-corrected chi connectivity index (χ3v) is 4.37. The van der Waals surface area contributed by atoms with E-state index in [4.69, 9.17) is 4.74 Å². The number of amides is 2. The van der Waals surface area contributed by atoms with E-state index in [0.29, 0.717) is 16.9 Å². The standard InChI is InChI=1S/C18H13N2O6S/c1-25-17(22)11-3-5-12(6-4-11)26-14-7-2-10(8-13(14)20-24)9-15-16(21)19-18(23)27-15/h2-9,20H,1H3,(H,19,21,23)/q-1/b15-9-. The fraction of sp³-hybridized carbons (Fsp3) is 0.0556. The molecule has 27 heavy (non-hydrogen) atoms. The second-order valence-electron chi connectivity index (χ2n) is 5.33. The van der Waals surface area contributed by atoms with Gasteiger partial charge in [-0.15, -0.1) is 0 Å². The summed E-state index contributed by atoms with van der Waals surface area (Å²) in [6.07, 6.45) is 1.50. The molecule has 0 spiro atoms. The van der Waals surface area contributed by atoms with Gasteiger partial charge in [-0.25, -0.2) is 4.79 Å². The molecule has 0 atom stereocenters. The van der Waals surface area contributed by atoms with Crippen LogP contribution in [0, 0.1) is 5.21 Å². The number of anilines is 1. The Morgan fingerprint density at radius 1 is 1.19 bits per heavy atom. The van der Waals surface area contributed by atoms with E-state index >= 15 is 0 Å². The lowest BCUT2D eigenvalue weighted by Crippen LogP contribution is -2.17. The lowest BCUT2D eigenvalue weighted by atomic mass is 10.1. The van der Waals surface area contributed by atoms with Crippen molar-refractivity contribution in [3.63, 3.8) is 0 Å². The molecule has 2 N–H and O–H groups in total. The Bertz CT molecular complexity index is 939. The Balaban J connectivity index is 1.80. The van der Waals surface area contributed by atoms with Crippen molar-refractivity contribution < 1.29 is 23.9 Å². The van der Waals surface area contributed by atoms with Crippen molar-refractivity contribution in [2.75, 3.05) is 12.6 Å². The highest BCUT2D eigenvalue weighted by Crippen LogP contribution is 2.32. The lowest BCUT2D eigenvalue weighted by Gasteiger charge is -2.16. The topological polar surface area (TPSA) is 117 Å². The van der Waals surface area contributed by atoms with E-state index in [-0.39, 0.29) is 16.3 Å². The van der Waals surface area contributed by atoms with Crippen LogP contribution in [0.15, 0.2) is 47.4 Å². The molecular formula is C18H13N2O6S-. The first kappa shape index (κ1) is 18.5. The molecule has 0 radical (unpaired) electrons. The molecule has 138 valence electrons. The summed E-state index contributed by atoms with van der Waals surface area (Å²) in [5.41, 5.74) is 2.86. The zero-order valence-corrected chi connectivity index (χ0v) is 14.8. The van der Waals surface area contributed by atoms with Gasteiger partial charge in [0.25, 0.3) is 11.1 Å². The monoisotopic (exact) mass is 385 g/mol. The predicted octanol–water partition coefficient (Wildman–Crippen LogP) is 3.50. The maximum absolute atomic E-state index is 11.6. The minimum atomic E-state index is -0.479. The summed E-state index contributed by atoms with van der Waals surface area (Å²) in [5, 5.41) is 13.0. The summed E-state index contributed by atoms with van der Waals surface area (Å²) in [5.74, 6) is -0.264. The van der Waals surface area contributed by atoms with Crippen LogP contribution in [0.5, 0.6) is 11.5 Å².